The lowest BCUT2D eigenvalue weighted by atomic mass is 10.1. The molecule has 0 aliphatic heterocycles. The number of hydrogen-bond donors (Lipinski definition) is 3. The molecule has 0 radical (unpaired) electrons. The van der Waals surface area contributed by atoms with Crippen LogP contribution in [0.4, 0.5) is 9.93 Å². The predicted molar refractivity (Wildman–Crippen MR) is 93.8 cm³/mol. The summed E-state index contributed by atoms with van der Waals surface area (Å²) >= 11 is 1.50. The number of urea groups is 1. The number of thiazole rings is 1. The van der Waals surface area contributed by atoms with Crippen LogP contribution in [0.3, 0.4) is 0 Å². The van der Waals surface area contributed by atoms with Gasteiger partial charge in [-0.1, -0.05) is 23.8 Å². The Morgan fingerprint density at radius 1 is 1.22 bits per heavy atom. The minimum Gasteiger partial charge on any atom is -0.352 e. The number of nitrogens with two attached hydrogens (primary N) is 1. The minimum atomic E-state index is -0.510. The molecule has 6 nitrogen and oxygen atoms in total. The monoisotopic (exact) mass is 334 g/mol. The van der Waals surface area contributed by atoms with Gasteiger partial charge in [0.15, 0.2) is 5.13 Å². The highest BCUT2D eigenvalue weighted by atomic mass is 32.1. The quantitative estimate of drug-likeness (QED) is 0.679. The van der Waals surface area contributed by atoms with E-state index < -0.39 is 6.03 Å². The Morgan fingerprint density at radius 2 is 2.00 bits per heavy atom. The van der Waals surface area contributed by atoms with Gasteiger partial charge in [-0.15, -0.1) is 0 Å². The average Bonchev–Trinajstić information content (AvgIpc) is 2.85. The van der Waals surface area contributed by atoms with Crippen molar-refractivity contribution in [3.8, 4) is 0 Å². The maximum atomic E-state index is 11.9. The molecule has 0 spiro atoms. The molecule has 1 aromatic carbocycles. The summed E-state index contributed by atoms with van der Waals surface area (Å²) in [6, 6.07) is 3.67. The lowest BCUT2D eigenvalue weighted by molar-refractivity contribution is -0.116. The van der Waals surface area contributed by atoms with Crippen molar-refractivity contribution in [3.63, 3.8) is 0 Å². The van der Waals surface area contributed by atoms with Gasteiger partial charge < -0.3 is 16.4 Å². The molecule has 0 bridgehead atoms. The number of rotatable bonds is 7. The van der Waals surface area contributed by atoms with E-state index in [1.165, 1.54) is 16.9 Å². The van der Waals surface area contributed by atoms with Crippen LogP contribution in [-0.4, -0.2) is 23.5 Å². The molecule has 2 rings (SSSR count). The van der Waals surface area contributed by atoms with Crippen LogP contribution in [0, 0.1) is 13.8 Å². The molecule has 0 fully saturated rings. The number of aromatic nitrogens is 1. The summed E-state index contributed by atoms with van der Waals surface area (Å²) in [5.74, 6) is -0.0266. The molecule has 0 atom stereocenters. The molecular formula is C16H22N4O2S. The summed E-state index contributed by atoms with van der Waals surface area (Å²) in [4.78, 5) is 26.9. The van der Waals surface area contributed by atoms with Crippen molar-refractivity contribution in [2.24, 2.45) is 5.73 Å². The number of carbonyl (C=O) groups excluding carboxylic acids is 2. The molecular weight excluding hydrogens is 312 g/mol. The van der Waals surface area contributed by atoms with Crippen molar-refractivity contribution in [3.05, 3.63) is 23.3 Å². The van der Waals surface area contributed by atoms with Crippen LogP contribution >= 0.6 is 11.3 Å². The van der Waals surface area contributed by atoms with E-state index >= 15 is 0 Å². The van der Waals surface area contributed by atoms with E-state index in [0.29, 0.717) is 18.1 Å². The van der Waals surface area contributed by atoms with Gasteiger partial charge in [-0.2, -0.15) is 0 Å². The van der Waals surface area contributed by atoms with Crippen molar-refractivity contribution >= 4 is 38.6 Å². The third-order valence-corrected chi connectivity index (χ3v) is 4.37. The molecule has 0 aliphatic carbocycles. The molecule has 0 unspecified atom stereocenters. The van der Waals surface area contributed by atoms with Crippen molar-refractivity contribution in [1.29, 1.82) is 0 Å². The SMILES string of the molecule is Cc1cc(C)c2nc(NC(=O)CCCCCNC(N)=O)sc2c1. The zero-order chi connectivity index (χ0) is 16.8. The van der Waals surface area contributed by atoms with Crippen LogP contribution in [0.25, 0.3) is 10.2 Å². The number of anilines is 1. The molecule has 4 N–H and O–H groups in total. The number of hydrogen-bond acceptors (Lipinski definition) is 4. The van der Waals surface area contributed by atoms with Crippen LogP contribution in [-0.2, 0) is 4.79 Å². The van der Waals surface area contributed by atoms with E-state index in [2.05, 4.69) is 34.7 Å². The number of benzene rings is 1. The molecule has 7 heteroatoms. The van der Waals surface area contributed by atoms with E-state index in [-0.39, 0.29) is 5.91 Å². The molecule has 3 amide bonds. The van der Waals surface area contributed by atoms with Gasteiger partial charge >= 0.3 is 6.03 Å². The largest absolute Gasteiger partial charge is 0.352 e. The minimum absolute atomic E-state index is 0.0266. The topological polar surface area (TPSA) is 97.1 Å². The molecule has 0 saturated heterocycles. The fourth-order valence-electron chi connectivity index (χ4n) is 2.40. The molecule has 0 saturated carbocycles. The number of nitrogens with zero attached hydrogens (tertiary/aromatic N) is 1. The van der Waals surface area contributed by atoms with Crippen LogP contribution < -0.4 is 16.4 Å². The van der Waals surface area contributed by atoms with Crippen molar-refractivity contribution in [2.45, 2.75) is 39.5 Å². The van der Waals surface area contributed by atoms with E-state index in [1.807, 2.05) is 6.92 Å². The maximum Gasteiger partial charge on any atom is 0.312 e. The van der Waals surface area contributed by atoms with Gasteiger partial charge in [0.1, 0.15) is 0 Å². The summed E-state index contributed by atoms with van der Waals surface area (Å²) < 4.78 is 1.09. The molecule has 1 aromatic heterocycles. The Kier molecular flexibility index (Phi) is 5.92. The first-order chi connectivity index (χ1) is 11.0. The second-order valence-corrected chi connectivity index (χ2v) is 6.63. The highest BCUT2D eigenvalue weighted by Gasteiger charge is 2.09. The van der Waals surface area contributed by atoms with Gasteiger partial charge in [-0.25, -0.2) is 9.78 Å². The van der Waals surface area contributed by atoms with E-state index in [1.54, 1.807) is 0 Å². The van der Waals surface area contributed by atoms with Crippen LogP contribution in [0.15, 0.2) is 12.1 Å². The van der Waals surface area contributed by atoms with Gasteiger partial charge in [0.25, 0.3) is 0 Å². The van der Waals surface area contributed by atoms with Gasteiger partial charge in [0, 0.05) is 13.0 Å². The van der Waals surface area contributed by atoms with Gasteiger partial charge in [0.2, 0.25) is 5.91 Å². The van der Waals surface area contributed by atoms with E-state index in [9.17, 15) is 9.59 Å². The van der Waals surface area contributed by atoms with Gasteiger partial charge in [0.05, 0.1) is 10.2 Å². The number of fused-ring (bicyclic) bond motifs is 1. The normalized spacial score (nSPS) is 10.7. The second kappa shape index (κ2) is 7.92. The first-order valence-corrected chi connectivity index (χ1v) is 8.48. The zero-order valence-corrected chi connectivity index (χ0v) is 14.3. The van der Waals surface area contributed by atoms with Crippen molar-refractivity contribution < 1.29 is 9.59 Å². The number of nitrogens with one attached hydrogen (secondary N) is 2. The first-order valence-electron chi connectivity index (χ1n) is 7.66. The Hall–Kier alpha value is -2.15. The lowest BCUT2D eigenvalue weighted by Gasteiger charge is -2.02. The Labute approximate surface area is 139 Å². The number of primary amides is 1. The van der Waals surface area contributed by atoms with Gasteiger partial charge in [-0.05, 0) is 43.9 Å². The van der Waals surface area contributed by atoms with Crippen molar-refractivity contribution in [2.75, 3.05) is 11.9 Å². The average molecular weight is 334 g/mol. The molecule has 2 aromatic rings. The van der Waals surface area contributed by atoms with E-state index in [4.69, 9.17) is 5.73 Å². The van der Waals surface area contributed by atoms with E-state index in [0.717, 1.165) is 35.0 Å². The first kappa shape index (κ1) is 17.2. The number of unbranched alkanes of at least 4 members (excludes halogenated alkanes) is 2. The smallest absolute Gasteiger partial charge is 0.312 e. The Morgan fingerprint density at radius 3 is 2.74 bits per heavy atom. The Balaban J connectivity index is 1.79. The fraction of sp³-hybridized carbons (Fsp3) is 0.438. The van der Waals surface area contributed by atoms with Gasteiger partial charge in [-0.3, -0.25) is 4.79 Å². The number of carbonyl (C=O) groups is 2. The van der Waals surface area contributed by atoms with Crippen LogP contribution in [0.5, 0.6) is 0 Å². The zero-order valence-electron chi connectivity index (χ0n) is 13.4. The summed E-state index contributed by atoms with van der Waals surface area (Å²) in [6.07, 6.45) is 2.90. The maximum absolute atomic E-state index is 11.9. The molecule has 124 valence electrons. The predicted octanol–water partition coefficient (Wildman–Crippen LogP) is 3.08. The lowest BCUT2D eigenvalue weighted by Crippen LogP contribution is -2.29. The molecule has 0 aliphatic rings. The number of amides is 3. The Bertz CT molecular complexity index is 711. The second-order valence-electron chi connectivity index (χ2n) is 5.60. The van der Waals surface area contributed by atoms with Crippen molar-refractivity contribution in [1.82, 2.24) is 10.3 Å². The summed E-state index contributed by atoms with van der Waals surface area (Å²) in [5.41, 5.74) is 8.24. The summed E-state index contributed by atoms with van der Waals surface area (Å²) in [5, 5.41) is 6.04. The standard InChI is InChI=1S/C16H22N4O2S/c1-10-8-11(2)14-12(9-10)23-16(20-14)19-13(21)6-4-3-5-7-18-15(17)22/h8-9H,3-7H2,1-2H3,(H3,17,18,22)(H,19,20,21). The van der Waals surface area contributed by atoms with Crippen LogP contribution in [0.2, 0.25) is 0 Å². The summed E-state index contributed by atoms with van der Waals surface area (Å²) in [6.45, 7) is 4.63. The fourth-order valence-corrected chi connectivity index (χ4v) is 3.46. The molecule has 1 heterocycles. The highest BCUT2D eigenvalue weighted by molar-refractivity contribution is 7.22. The summed E-state index contributed by atoms with van der Waals surface area (Å²) in [7, 11) is 0. The third kappa shape index (κ3) is 5.21. The third-order valence-electron chi connectivity index (χ3n) is 3.46. The number of aryl methyl sites for hydroxylation is 2. The molecule has 23 heavy (non-hydrogen) atoms. The highest BCUT2D eigenvalue weighted by Crippen LogP contribution is 2.29. The van der Waals surface area contributed by atoms with Crippen LogP contribution in [0.1, 0.15) is 36.8 Å².